The van der Waals surface area contributed by atoms with E-state index in [1.54, 1.807) is 0 Å². The fraction of sp³-hybridized carbons (Fsp3) is 0.562. The van der Waals surface area contributed by atoms with Crippen molar-refractivity contribution in [3.8, 4) is 0 Å². The van der Waals surface area contributed by atoms with Crippen molar-refractivity contribution in [2.75, 3.05) is 25.0 Å². The Morgan fingerprint density at radius 3 is 2.96 bits per heavy atom. The Hall–Kier alpha value is -2.06. The van der Waals surface area contributed by atoms with Gasteiger partial charge in [0.05, 0.1) is 36.8 Å². The fourth-order valence-corrected chi connectivity index (χ4v) is 3.66. The molecule has 1 spiro atoms. The summed E-state index contributed by atoms with van der Waals surface area (Å²) < 4.78 is 20.8. The Morgan fingerprint density at radius 2 is 2.21 bits per heavy atom. The summed E-state index contributed by atoms with van der Waals surface area (Å²) in [5, 5.41) is 7.46. The molecule has 1 N–H and O–H groups in total. The summed E-state index contributed by atoms with van der Waals surface area (Å²) in [7, 11) is 1.93. The Bertz CT molecular complexity index is 705. The first-order valence-corrected chi connectivity index (χ1v) is 8.18. The smallest absolute Gasteiger partial charge is 0.223 e. The molecule has 0 bridgehead atoms. The molecule has 0 aliphatic carbocycles. The average Bonchev–Trinajstić information content (AvgIpc) is 3.25. The molecule has 4 rings (SSSR count). The molecule has 0 unspecified atom stereocenters. The number of aryl methyl sites for hydroxylation is 1. The summed E-state index contributed by atoms with van der Waals surface area (Å²) in [6.45, 7) is 3.47. The van der Waals surface area contributed by atoms with Crippen LogP contribution >= 0.6 is 0 Å². The van der Waals surface area contributed by atoms with E-state index in [9.17, 15) is 4.39 Å². The van der Waals surface area contributed by atoms with Gasteiger partial charge < -0.3 is 10.1 Å². The van der Waals surface area contributed by atoms with E-state index in [-0.39, 0.29) is 11.6 Å². The topological polar surface area (TPSA) is 68.1 Å². The quantitative estimate of drug-likeness (QED) is 0.907. The van der Waals surface area contributed by atoms with Gasteiger partial charge in [0.15, 0.2) is 5.82 Å². The number of rotatable bonds is 4. The van der Waals surface area contributed by atoms with Crippen LogP contribution in [0.4, 0.5) is 10.3 Å². The molecular weight excluding hydrogens is 311 g/mol. The molecule has 2 atom stereocenters. The molecule has 128 valence electrons. The number of nitrogens with zero attached hydrogens (tertiary/aromatic N) is 5. The normalized spacial score (nSPS) is 27.2. The monoisotopic (exact) mass is 332 g/mol. The van der Waals surface area contributed by atoms with Gasteiger partial charge in [0.2, 0.25) is 5.95 Å². The van der Waals surface area contributed by atoms with Gasteiger partial charge in [-0.3, -0.25) is 9.58 Å². The van der Waals surface area contributed by atoms with E-state index in [1.165, 1.54) is 18.0 Å². The Kier molecular flexibility index (Phi) is 3.93. The molecule has 0 radical (unpaired) electrons. The van der Waals surface area contributed by atoms with Crippen LogP contribution in [0.3, 0.4) is 0 Å². The third-order valence-electron chi connectivity index (χ3n) is 4.72. The molecule has 8 heteroatoms. The highest BCUT2D eigenvalue weighted by atomic mass is 19.1. The number of aromatic nitrogens is 4. The number of halogens is 1. The zero-order valence-electron chi connectivity index (χ0n) is 13.7. The second kappa shape index (κ2) is 6.10. The van der Waals surface area contributed by atoms with Gasteiger partial charge in [-0.05, 0) is 6.42 Å². The number of hydrogen-bond donors (Lipinski definition) is 1. The lowest BCUT2D eigenvalue weighted by Crippen LogP contribution is -2.33. The zero-order valence-corrected chi connectivity index (χ0v) is 13.7. The van der Waals surface area contributed by atoms with E-state index >= 15 is 0 Å². The average molecular weight is 332 g/mol. The predicted molar refractivity (Wildman–Crippen MR) is 85.8 cm³/mol. The second-order valence-electron chi connectivity index (χ2n) is 6.75. The maximum atomic E-state index is 12.9. The molecule has 2 fully saturated rings. The van der Waals surface area contributed by atoms with Gasteiger partial charge in [-0.25, -0.2) is 14.4 Å². The van der Waals surface area contributed by atoms with Crippen molar-refractivity contribution in [1.29, 1.82) is 0 Å². The van der Waals surface area contributed by atoms with E-state index in [4.69, 9.17) is 4.74 Å². The van der Waals surface area contributed by atoms with Crippen LogP contribution in [0.5, 0.6) is 0 Å². The fourth-order valence-electron chi connectivity index (χ4n) is 3.66. The minimum atomic E-state index is -0.429. The van der Waals surface area contributed by atoms with E-state index in [1.807, 2.05) is 17.9 Å². The minimum absolute atomic E-state index is 0.0973. The van der Waals surface area contributed by atoms with Crippen LogP contribution in [-0.2, 0) is 18.3 Å². The van der Waals surface area contributed by atoms with E-state index in [2.05, 4.69) is 31.5 Å². The van der Waals surface area contributed by atoms with Gasteiger partial charge in [0.25, 0.3) is 0 Å². The van der Waals surface area contributed by atoms with Crippen molar-refractivity contribution >= 4 is 5.95 Å². The highest BCUT2D eigenvalue weighted by molar-refractivity contribution is 5.26. The van der Waals surface area contributed by atoms with Crippen LogP contribution in [0, 0.1) is 5.82 Å². The van der Waals surface area contributed by atoms with Gasteiger partial charge in [0.1, 0.15) is 0 Å². The largest absolute Gasteiger partial charge is 0.371 e. The Labute approximate surface area is 139 Å². The van der Waals surface area contributed by atoms with Crippen LogP contribution in [0.15, 0.2) is 24.8 Å². The molecule has 0 aromatic carbocycles. The standard InChI is InChI=1S/C16H21FN6O/c1-22-8-12(5-20-22)9-23-3-2-16(11-23)4-14(10-24-16)21-15-18-6-13(17)7-19-15/h5-8,14H,2-4,9-11H2,1H3,(H,18,19,21)/t14-,16-/m0/s1. The van der Waals surface area contributed by atoms with Crippen molar-refractivity contribution in [1.82, 2.24) is 24.6 Å². The first-order valence-electron chi connectivity index (χ1n) is 8.18. The summed E-state index contributed by atoms with van der Waals surface area (Å²) in [6.07, 6.45) is 8.25. The maximum Gasteiger partial charge on any atom is 0.223 e. The van der Waals surface area contributed by atoms with Gasteiger partial charge in [-0.2, -0.15) is 5.10 Å². The molecule has 2 aliphatic heterocycles. The lowest BCUT2D eigenvalue weighted by atomic mass is 9.97. The third kappa shape index (κ3) is 3.25. The van der Waals surface area contributed by atoms with Crippen LogP contribution in [0.25, 0.3) is 0 Å². The van der Waals surface area contributed by atoms with E-state index in [0.717, 1.165) is 32.5 Å². The molecule has 4 heterocycles. The predicted octanol–water partition coefficient (Wildman–Crippen LogP) is 1.19. The lowest BCUT2D eigenvalue weighted by Gasteiger charge is -2.23. The van der Waals surface area contributed by atoms with E-state index in [0.29, 0.717) is 12.6 Å². The molecule has 24 heavy (non-hydrogen) atoms. The van der Waals surface area contributed by atoms with Crippen LogP contribution in [-0.4, -0.2) is 56.0 Å². The number of likely N-dealkylation sites (tertiary alicyclic amines) is 1. The molecule has 2 aromatic heterocycles. The molecular formula is C16H21FN6O. The van der Waals surface area contributed by atoms with Crippen LogP contribution < -0.4 is 5.32 Å². The molecule has 7 nitrogen and oxygen atoms in total. The first-order chi connectivity index (χ1) is 11.6. The Balaban J connectivity index is 1.33. The van der Waals surface area contributed by atoms with Crippen LogP contribution in [0.1, 0.15) is 18.4 Å². The van der Waals surface area contributed by atoms with Crippen molar-refractivity contribution in [2.45, 2.75) is 31.0 Å². The molecule has 2 saturated heterocycles. The molecule has 2 aromatic rings. The van der Waals surface area contributed by atoms with Crippen molar-refractivity contribution < 1.29 is 9.13 Å². The lowest BCUT2D eigenvalue weighted by molar-refractivity contribution is 0.0120. The van der Waals surface area contributed by atoms with Gasteiger partial charge >= 0.3 is 0 Å². The van der Waals surface area contributed by atoms with Crippen molar-refractivity contribution in [3.05, 3.63) is 36.2 Å². The van der Waals surface area contributed by atoms with E-state index < -0.39 is 5.82 Å². The number of hydrogen-bond acceptors (Lipinski definition) is 6. The van der Waals surface area contributed by atoms with Crippen molar-refractivity contribution in [3.63, 3.8) is 0 Å². The first kappa shape index (κ1) is 15.5. The summed E-state index contributed by atoms with van der Waals surface area (Å²) in [5.41, 5.74) is 1.13. The second-order valence-corrected chi connectivity index (χ2v) is 6.75. The van der Waals surface area contributed by atoms with Crippen LogP contribution in [0.2, 0.25) is 0 Å². The maximum absolute atomic E-state index is 12.9. The Morgan fingerprint density at radius 1 is 1.38 bits per heavy atom. The van der Waals surface area contributed by atoms with Crippen molar-refractivity contribution in [2.24, 2.45) is 7.05 Å². The minimum Gasteiger partial charge on any atom is -0.371 e. The summed E-state index contributed by atoms with van der Waals surface area (Å²) in [6, 6.07) is 0.161. The zero-order chi connectivity index (χ0) is 16.6. The summed E-state index contributed by atoms with van der Waals surface area (Å²) >= 11 is 0. The SMILES string of the molecule is Cn1cc(CN2CC[C@]3(C[C@H](Nc4ncc(F)cn4)CO3)C2)cn1. The van der Waals surface area contributed by atoms with Gasteiger partial charge in [0, 0.05) is 44.9 Å². The highest BCUT2D eigenvalue weighted by Gasteiger charge is 2.45. The van der Waals surface area contributed by atoms with Gasteiger partial charge in [-0.1, -0.05) is 0 Å². The highest BCUT2D eigenvalue weighted by Crippen LogP contribution is 2.36. The summed E-state index contributed by atoms with van der Waals surface area (Å²) in [5.74, 6) is 0.0220. The number of anilines is 1. The number of nitrogens with one attached hydrogen (secondary N) is 1. The molecule has 0 amide bonds. The molecule has 0 saturated carbocycles. The number of ether oxygens (including phenoxy) is 1. The third-order valence-corrected chi connectivity index (χ3v) is 4.72. The van der Waals surface area contributed by atoms with Gasteiger partial charge in [-0.15, -0.1) is 0 Å². The summed E-state index contributed by atoms with van der Waals surface area (Å²) in [4.78, 5) is 10.3. The molecule has 2 aliphatic rings.